The first kappa shape index (κ1) is 23.8. The van der Waals surface area contributed by atoms with Gasteiger partial charge in [0.25, 0.3) is 0 Å². The molecule has 1 aliphatic rings. The largest absolute Gasteiger partial charge is 0.416 e. The second-order valence-electron chi connectivity index (χ2n) is 8.21. The number of anilines is 2. The fourth-order valence-electron chi connectivity index (χ4n) is 4.06. The minimum atomic E-state index is -4.67. The molecular weight excluding hydrogens is 478 g/mol. The Kier molecular flexibility index (Phi) is 6.61. The zero-order chi connectivity index (χ0) is 23.9. The van der Waals surface area contributed by atoms with E-state index in [4.69, 9.17) is 11.6 Å². The van der Waals surface area contributed by atoms with Gasteiger partial charge in [-0.25, -0.2) is 19.3 Å². The normalized spacial score (nSPS) is 19.3. The second-order valence-corrected chi connectivity index (χ2v) is 9.68. The Labute approximate surface area is 197 Å². The summed E-state index contributed by atoms with van der Waals surface area (Å²) in [6, 6.07) is 4.70. The summed E-state index contributed by atoms with van der Waals surface area (Å²) in [6.45, 7) is 6.44. The number of aromatic nitrogens is 3. The van der Waals surface area contributed by atoms with E-state index in [0.717, 1.165) is 29.9 Å². The van der Waals surface area contributed by atoms with E-state index >= 15 is 0 Å². The summed E-state index contributed by atoms with van der Waals surface area (Å²) in [5.41, 5.74) is -0.652. The number of benzene rings is 1. The van der Waals surface area contributed by atoms with Gasteiger partial charge in [0.1, 0.15) is 22.6 Å². The number of nitrogens with one attached hydrogen (secondary N) is 1. The quantitative estimate of drug-likeness (QED) is 0.308. The van der Waals surface area contributed by atoms with Crippen LogP contribution in [0.1, 0.15) is 43.0 Å². The topological polar surface area (TPSA) is 53.9 Å². The third kappa shape index (κ3) is 5.44. The van der Waals surface area contributed by atoms with Gasteiger partial charge in [-0.2, -0.15) is 13.2 Å². The number of nitrogens with zero attached hydrogens (tertiary/aromatic N) is 4. The molecule has 0 bridgehead atoms. The third-order valence-corrected chi connectivity index (χ3v) is 6.85. The number of aryl methyl sites for hydroxylation is 1. The molecule has 0 spiro atoms. The van der Waals surface area contributed by atoms with Crippen molar-refractivity contribution in [2.45, 2.75) is 58.4 Å². The molecule has 11 heteroatoms. The highest BCUT2D eigenvalue weighted by atomic mass is 35.5. The van der Waals surface area contributed by atoms with Crippen molar-refractivity contribution in [3.8, 4) is 11.3 Å². The van der Waals surface area contributed by atoms with Gasteiger partial charge in [0.15, 0.2) is 5.13 Å². The van der Waals surface area contributed by atoms with Gasteiger partial charge in [0, 0.05) is 35.1 Å². The molecule has 0 aliphatic carbocycles. The van der Waals surface area contributed by atoms with Crippen LogP contribution in [0.3, 0.4) is 0 Å². The van der Waals surface area contributed by atoms with Crippen LogP contribution in [0.4, 0.5) is 28.5 Å². The monoisotopic (exact) mass is 499 g/mol. The van der Waals surface area contributed by atoms with Crippen molar-refractivity contribution in [1.29, 1.82) is 0 Å². The molecule has 1 fully saturated rings. The minimum Gasteiger partial charge on any atom is -0.316 e. The highest BCUT2D eigenvalue weighted by Crippen LogP contribution is 2.39. The lowest BCUT2D eigenvalue weighted by Crippen LogP contribution is -2.31. The van der Waals surface area contributed by atoms with E-state index in [0.29, 0.717) is 47.2 Å². The van der Waals surface area contributed by atoms with Crippen LogP contribution in [0.5, 0.6) is 0 Å². The van der Waals surface area contributed by atoms with Crippen molar-refractivity contribution in [2.24, 2.45) is 0 Å². The van der Waals surface area contributed by atoms with Crippen LogP contribution in [0, 0.1) is 12.7 Å². The average Bonchev–Trinajstić information content (AvgIpc) is 3.24. The minimum absolute atomic E-state index is 0.0815. The predicted molar refractivity (Wildman–Crippen MR) is 121 cm³/mol. The van der Waals surface area contributed by atoms with Crippen LogP contribution >= 0.6 is 22.9 Å². The Hall–Kier alpha value is -2.30. The summed E-state index contributed by atoms with van der Waals surface area (Å²) in [5, 5.41) is 3.73. The van der Waals surface area contributed by atoms with Crippen LogP contribution in [0.15, 0.2) is 24.3 Å². The number of thiazole rings is 1. The van der Waals surface area contributed by atoms with Gasteiger partial charge in [-0.05, 0) is 51.8 Å². The van der Waals surface area contributed by atoms with E-state index in [-0.39, 0.29) is 10.7 Å². The molecule has 3 aromatic rings. The number of halogens is 5. The molecule has 1 saturated heterocycles. The predicted octanol–water partition coefficient (Wildman–Crippen LogP) is 6.84. The van der Waals surface area contributed by atoms with E-state index in [2.05, 4.69) is 39.0 Å². The summed E-state index contributed by atoms with van der Waals surface area (Å²) in [6.07, 6.45) is -2.59. The van der Waals surface area contributed by atoms with Crippen molar-refractivity contribution < 1.29 is 17.6 Å². The summed E-state index contributed by atoms with van der Waals surface area (Å²) in [4.78, 5) is 15.9. The lowest BCUT2D eigenvalue weighted by molar-refractivity contribution is -0.137. The Bertz CT molecular complexity index is 1140. The molecule has 5 nitrogen and oxygen atoms in total. The zero-order valence-electron chi connectivity index (χ0n) is 18.2. The Morgan fingerprint density at radius 2 is 1.79 bits per heavy atom. The third-order valence-electron chi connectivity index (χ3n) is 5.70. The first-order chi connectivity index (χ1) is 15.5. The Morgan fingerprint density at radius 1 is 1.09 bits per heavy atom. The molecule has 0 unspecified atom stereocenters. The van der Waals surface area contributed by atoms with Crippen molar-refractivity contribution in [3.63, 3.8) is 0 Å². The van der Waals surface area contributed by atoms with Crippen LogP contribution in [0.2, 0.25) is 5.15 Å². The number of rotatable bonds is 5. The molecule has 33 heavy (non-hydrogen) atoms. The van der Waals surface area contributed by atoms with E-state index in [1.165, 1.54) is 17.4 Å². The molecule has 1 aromatic carbocycles. The van der Waals surface area contributed by atoms with Gasteiger partial charge in [0.2, 0.25) is 0 Å². The van der Waals surface area contributed by atoms with Gasteiger partial charge in [0.05, 0.1) is 11.3 Å². The van der Waals surface area contributed by atoms with Crippen molar-refractivity contribution in [2.75, 3.05) is 5.32 Å². The summed E-state index contributed by atoms with van der Waals surface area (Å²) >= 11 is 7.31. The second kappa shape index (κ2) is 9.15. The van der Waals surface area contributed by atoms with E-state index < -0.39 is 17.6 Å². The first-order valence-electron chi connectivity index (χ1n) is 10.4. The highest BCUT2D eigenvalue weighted by Gasteiger charge is 2.33. The summed E-state index contributed by atoms with van der Waals surface area (Å²) < 4.78 is 54.2. The number of likely N-dealkylation sites (tertiary alicyclic amines) is 1. The molecule has 0 amide bonds. The molecular formula is C22H22ClF4N5S. The number of alkyl halides is 3. The maximum atomic E-state index is 14.2. The van der Waals surface area contributed by atoms with Gasteiger partial charge < -0.3 is 5.32 Å². The van der Waals surface area contributed by atoms with Crippen LogP contribution in [-0.4, -0.2) is 31.9 Å². The lowest BCUT2D eigenvalue weighted by atomic mass is 10.1. The zero-order valence-corrected chi connectivity index (χ0v) is 19.7. The number of hydrogen-bond acceptors (Lipinski definition) is 6. The van der Waals surface area contributed by atoms with Crippen LogP contribution in [-0.2, 0) is 12.7 Å². The van der Waals surface area contributed by atoms with E-state index in [1.54, 1.807) is 6.92 Å². The Balaban J connectivity index is 1.76. The molecule has 3 heterocycles. The fraction of sp³-hybridized carbons (Fsp3) is 0.409. The van der Waals surface area contributed by atoms with Crippen LogP contribution < -0.4 is 5.32 Å². The molecule has 0 radical (unpaired) electrons. The SMILES string of the molecule is Cc1nc(Cl)cc(Nc2nc(-c3cc(F)cc(C(F)(F)F)c3)c(CN3[C@H](C)CC[C@H]3C)s2)n1. The van der Waals surface area contributed by atoms with E-state index in [9.17, 15) is 17.6 Å². The molecule has 4 rings (SSSR count). The molecule has 176 valence electrons. The molecule has 1 N–H and O–H groups in total. The molecule has 1 aliphatic heterocycles. The smallest absolute Gasteiger partial charge is 0.316 e. The Morgan fingerprint density at radius 3 is 2.42 bits per heavy atom. The molecule has 0 saturated carbocycles. The number of hydrogen-bond donors (Lipinski definition) is 1. The molecule has 2 atom stereocenters. The summed E-state index contributed by atoms with van der Waals surface area (Å²) in [7, 11) is 0. The van der Waals surface area contributed by atoms with Crippen molar-refractivity contribution >= 4 is 33.9 Å². The molecule has 2 aromatic heterocycles. The van der Waals surface area contributed by atoms with Gasteiger partial charge in [-0.3, -0.25) is 4.90 Å². The fourth-order valence-corrected chi connectivity index (χ4v) is 5.28. The van der Waals surface area contributed by atoms with Gasteiger partial charge in [-0.15, -0.1) is 0 Å². The van der Waals surface area contributed by atoms with Gasteiger partial charge in [-0.1, -0.05) is 22.9 Å². The van der Waals surface area contributed by atoms with Crippen molar-refractivity contribution in [3.05, 3.63) is 51.5 Å². The van der Waals surface area contributed by atoms with Crippen LogP contribution in [0.25, 0.3) is 11.3 Å². The standard InChI is InChI=1S/C22H22ClF4N5S/c1-11-4-5-12(2)32(11)10-17-20(14-6-15(22(25,26)27)8-16(24)7-14)31-21(33-17)30-19-9-18(23)28-13(3)29-19/h6-9,11-12H,4-5,10H2,1-3H3,(H,28,29,30,31)/t11-,12-/m1/s1. The van der Waals surface area contributed by atoms with Crippen molar-refractivity contribution in [1.82, 2.24) is 19.9 Å². The van der Waals surface area contributed by atoms with E-state index in [1.807, 2.05) is 0 Å². The summed E-state index contributed by atoms with van der Waals surface area (Å²) in [5.74, 6) is -0.0893. The average molecular weight is 500 g/mol. The highest BCUT2D eigenvalue weighted by molar-refractivity contribution is 7.16. The lowest BCUT2D eigenvalue weighted by Gasteiger charge is -2.25. The first-order valence-corrected chi connectivity index (χ1v) is 11.6. The maximum Gasteiger partial charge on any atom is 0.416 e. The van der Waals surface area contributed by atoms with Gasteiger partial charge >= 0.3 is 6.18 Å². The maximum absolute atomic E-state index is 14.2.